The summed E-state index contributed by atoms with van der Waals surface area (Å²) in [5.74, 6) is -0.300. The van der Waals surface area contributed by atoms with E-state index in [0.29, 0.717) is 22.6 Å². The summed E-state index contributed by atoms with van der Waals surface area (Å²) in [6, 6.07) is 12.4. The fraction of sp³-hybridized carbons (Fsp3) is 0.333. The maximum Gasteiger partial charge on any atom is 0.407 e. The highest BCUT2D eigenvalue weighted by molar-refractivity contribution is 7.37. The molecule has 2 saturated heterocycles. The number of benzene rings is 2. The number of hydrogen-bond donors (Lipinski definition) is 1. The average Bonchev–Trinajstić information content (AvgIpc) is 3.52. The quantitative estimate of drug-likeness (QED) is 0.260. The highest BCUT2D eigenvalue weighted by Crippen LogP contribution is 2.39. The minimum Gasteiger partial charge on any atom is -0.497 e. The topological polar surface area (TPSA) is 116 Å². The number of nitrogens with one attached hydrogen (secondary N) is 1. The van der Waals surface area contributed by atoms with Crippen molar-refractivity contribution >= 4 is 71.0 Å². The smallest absolute Gasteiger partial charge is 0.407 e. The molecule has 1 N–H and O–H groups in total. The van der Waals surface area contributed by atoms with Crippen molar-refractivity contribution in [3.63, 3.8) is 0 Å². The second kappa shape index (κ2) is 13.6. The van der Waals surface area contributed by atoms with E-state index in [4.69, 9.17) is 14.2 Å². The molecule has 0 radical (unpaired) electrons. The van der Waals surface area contributed by atoms with Gasteiger partial charge in [-0.05, 0) is 71.1 Å². The van der Waals surface area contributed by atoms with Crippen LogP contribution < -0.4 is 35.9 Å². The van der Waals surface area contributed by atoms with Gasteiger partial charge >= 0.3 is 6.09 Å². The van der Waals surface area contributed by atoms with E-state index < -0.39 is 18.1 Å². The monoisotopic (exact) mass is 673 g/mol. The summed E-state index contributed by atoms with van der Waals surface area (Å²) in [6.45, 7) is 2.43. The van der Waals surface area contributed by atoms with Crippen LogP contribution in [-0.2, 0) is 16.1 Å². The van der Waals surface area contributed by atoms with Gasteiger partial charge in [-0.25, -0.2) is 4.79 Å². The zero-order valence-electron chi connectivity index (χ0n) is 24.3. The molecule has 0 aliphatic carbocycles. The molecule has 0 saturated carbocycles. The minimum absolute atomic E-state index is 0.0416. The molecular weight excluding hydrogens is 638 g/mol. The number of carbonyl (C=O) groups excluding carboxylic acids is 3. The van der Waals surface area contributed by atoms with Crippen molar-refractivity contribution in [3.05, 3.63) is 75.7 Å². The van der Waals surface area contributed by atoms with Crippen LogP contribution in [0.4, 0.5) is 10.5 Å². The Hall–Kier alpha value is -2.88. The fourth-order valence-electron chi connectivity index (χ4n) is 5.80. The third-order valence-corrected chi connectivity index (χ3v) is 9.11. The van der Waals surface area contributed by atoms with Crippen LogP contribution in [0.25, 0.3) is 0 Å². The Labute approximate surface area is 264 Å². The first-order chi connectivity index (χ1) is 21.0. The number of hydrogen-bond acceptors (Lipinski definition) is 7. The van der Waals surface area contributed by atoms with E-state index in [9.17, 15) is 19.2 Å². The molecule has 10 nitrogen and oxygen atoms in total. The van der Waals surface area contributed by atoms with Crippen LogP contribution in [0.2, 0.25) is 0 Å². The Kier molecular flexibility index (Phi) is 10.1. The van der Waals surface area contributed by atoms with Gasteiger partial charge in [0.15, 0.2) is 5.78 Å². The lowest BCUT2D eigenvalue weighted by atomic mass is 9.84. The molecule has 2 aliphatic rings. The predicted octanol–water partition coefficient (Wildman–Crippen LogP) is 2.71. The molecular formula is C30H35N3O7P4. The van der Waals surface area contributed by atoms with E-state index in [1.54, 1.807) is 50.6 Å². The van der Waals surface area contributed by atoms with Crippen molar-refractivity contribution in [1.29, 1.82) is 0 Å². The number of ether oxygens (including phenoxy) is 3. The fourth-order valence-corrected chi connectivity index (χ4v) is 7.37. The molecule has 44 heavy (non-hydrogen) atoms. The number of aromatic nitrogens is 1. The SMILES string of the molecule is COc1cc(P)c([C@@H]2CN(c3c(C)ccn(CC4CNC(=O)O4)c3=O)C(=O)[C@H]2CC(=O)c2ccc(OC(P)P)cc2)c(P)c1. The highest BCUT2D eigenvalue weighted by atomic mass is 31.1. The predicted molar refractivity (Wildman–Crippen MR) is 183 cm³/mol. The molecule has 7 atom stereocenters. The Morgan fingerprint density at radius 2 is 1.75 bits per heavy atom. The van der Waals surface area contributed by atoms with Crippen molar-refractivity contribution in [3.8, 4) is 11.5 Å². The van der Waals surface area contributed by atoms with E-state index in [0.717, 1.165) is 16.2 Å². The molecule has 5 rings (SSSR count). The van der Waals surface area contributed by atoms with E-state index in [2.05, 4.69) is 42.3 Å². The van der Waals surface area contributed by atoms with Crippen molar-refractivity contribution in [2.24, 2.45) is 5.92 Å². The Bertz CT molecular complexity index is 1640. The second-order valence-electron chi connectivity index (χ2n) is 10.8. The lowest BCUT2D eigenvalue weighted by Crippen LogP contribution is -2.37. The lowest BCUT2D eigenvalue weighted by Gasteiger charge is -2.22. The van der Waals surface area contributed by atoms with Crippen LogP contribution in [0.15, 0.2) is 53.5 Å². The number of ketones is 1. The third-order valence-electron chi connectivity index (χ3n) is 7.89. The number of methoxy groups -OCH3 is 1. The van der Waals surface area contributed by atoms with Crippen molar-refractivity contribution < 1.29 is 28.6 Å². The largest absolute Gasteiger partial charge is 0.497 e. The van der Waals surface area contributed by atoms with Gasteiger partial charge < -0.3 is 29.0 Å². The van der Waals surface area contributed by atoms with Crippen LogP contribution in [-0.4, -0.2) is 54.2 Å². The Balaban J connectivity index is 1.51. The summed E-state index contributed by atoms with van der Waals surface area (Å²) in [7, 11) is 12.1. The summed E-state index contributed by atoms with van der Waals surface area (Å²) in [6.07, 6.45) is 0.569. The second-order valence-corrected chi connectivity index (χ2v) is 14.2. The zero-order valence-corrected chi connectivity index (χ0v) is 28.9. The molecule has 5 unspecified atom stereocenters. The van der Waals surface area contributed by atoms with Crippen LogP contribution in [0, 0.1) is 12.8 Å². The third kappa shape index (κ3) is 6.85. The van der Waals surface area contributed by atoms with E-state index >= 15 is 0 Å². The van der Waals surface area contributed by atoms with Gasteiger partial charge in [-0.2, -0.15) is 0 Å². The number of carbonyl (C=O) groups is 3. The number of alkyl carbamates (subject to hydrolysis) is 1. The molecule has 3 heterocycles. The van der Waals surface area contributed by atoms with Crippen LogP contribution >= 0.6 is 37.0 Å². The number of amides is 2. The van der Waals surface area contributed by atoms with Gasteiger partial charge in [-0.15, -0.1) is 18.5 Å². The number of nitrogens with zero attached hydrogens (tertiary/aromatic N) is 2. The number of Topliss-reactive ketones (excluding diaryl/α,β-unsaturated/α-hetero) is 1. The van der Waals surface area contributed by atoms with E-state index in [-0.39, 0.29) is 60.5 Å². The van der Waals surface area contributed by atoms with Crippen LogP contribution in [0.3, 0.4) is 0 Å². The van der Waals surface area contributed by atoms with Crippen LogP contribution in [0.5, 0.6) is 11.5 Å². The maximum atomic E-state index is 14.3. The number of aryl methyl sites for hydroxylation is 1. The van der Waals surface area contributed by atoms with Gasteiger partial charge in [0.25, 0.3) is 5.56 Å². The first kappa shape index (κ1) is 32.5. The standard InChI is InChI=1S/C30H35N3O7P4/c1-15-7-8-32(13-19-12-31-29(37)39-19)28(36)26(15)33-14-21(25-23(41)9-18(38-2)10-24(25)42)20(27(33)35)11-22(34)16-3-5-17(6-4-16)40-30(43)44/h3-10,19-21,30H,11-14,41-44H2,1-2H3,(H,31,37)/t19?,20-,21+/m0/s1. The number of rotatable bonds is 10. The molecule has 1 aromatic heterocycles. The van der Waals surface area contributed by atoms with E-state index in [1.807, 2.05) is 12.1 Å². The van der Waals surface area contributed by atoms with Crippen molar-refractivity contribution in [1.82, 2.24) is 9.88 Å². The van der Waals surface area contributed by atoms with Gasteiger partial charge in [0.2, 0.25) is 5.91 Å². The first-order valence-corrected chi connectivity index (χ1v) is 16.5. The average molecular weight is 674 g/mol. The molecule has 0 bridgehead atoms. The van der Waals surface area contributed by atoms with Gasteiger partial charge in [-0.1, -0.05) is 18.5 Å². The lowest BCUT2D eigenvalue weighted by molar-refractivity contribution is -0.120. The van der Waals surface area contributed by atoms with Gasteiger partial charge in [0.1, 0.15) is 28.9 Å². The molecule has 2 fully saturated rings. The molecule has 14 heteroatoms. The first-order valence-electron chi connectivity index (χ1n) is 14.0. The number of cyclic esters (lactones) is 1. The molecule has 2 amide bonds. The maximum absolute atomic E-state index is 14.3. The Morgan fingerprint density at radius 3 is 2.34 bits per heavy atom. The summed E-state index contributed by atoms with van der Waals surface area (Å²) in [4.78, 5) is 54.7. The van der Waals surface area contributed by atoms with E-state index in [1.165, 1.54) is 9.47 Å². The molecule has 2 aliphatic heterocycles. The molecule has 3 aromatic rings. The van der Waals surface area contributed by atoms with Crippen LogP contribution in [0.1, 0.15) is 33.8 Å². The molecule has 0 spiro atoms. The van der Waals surface area contributed by atoms with Gasteiger partial charge in [0, 0.05) is 30.6 Å². The summed E-state index contributed by atoms with van der Waals surface area (Å²) in [5, 5.41) is 4.28. The molecule has 2 aromatic carbocycles. The summed E-state index contributed by atoms with van der Waals surface area (Å²) < 4.78 is 17.8. The molecule has 232 valence electrons. The Morgan fingerprint density at radius 1 is 1.07 bits per heavy atom. The highest BCUT2D eigenvalue weighted by Gasteiger charge is 2.45. The summed E-state index contributed by atoms with van der Waals surface area (Å²) >= 11 is 0. The minimum atomic E-state index is -0.721. The number of pyridine rings is 1. The van der Waals surface area contributed by atoms with Gasteiger partial charge in [-0.3, -0.25) is 14.4 Å². The van der Waals surface area contributed by atoms with Gasteiger partial charge in [0.05, 0.1) is 26.1 Å². The number of anilines is 1. The van der Waals surface area contributed by atoms with Crippen molar-refractivity contribution in [2.45, 2.75) is 37.5 Å². The summed E-state index contributed by atoms with van der Waals surface area (Å²) in [5.41, 5.74) is 1.72. The normalized spacial score (nSPS) is 19.7. The zero-order chi connectivity index (χ0) is 31.7. The van der Waals surface area contributed by atoms with Crippen molar-refractivity contribution in [2.75, 3.05) is 25.1 Å².